The van der Waals surface area contributed by atoms with Crippen molar-refractivity contribution < 1.29 is 4.74 Å². The molecule has 1 aliphatic rings. The third-order valence-electron chi connectivity index (χ3n) is 2.93. The molecule has 1 aromatic rings. The minimum absolute atomic E-state index is 0.589. The van der Waals surface area contributed by atoms with Crippen LogP contribution in [0.2, 0.25) is 0 Å². The Bertz CT molecular complexity index is 422. The van der Waals surface area contributed by atoms with E-state index in [0.29, 0.717) is 11.5 Å². The zero-order chi connectivity index (χ0) is 12.1. The first-order valence-electron chi connectivity index (χ1n) is 5.83. The quantitative estimate of drug-likeness (QED) is 0.932. The normalized spacial score (nSPS) is 19.6. The van der Waals surface area contributed by atoms with Gasteiger partial charge in [-0.25, -0.2) is 0 Å². The van der Waals surface area contributed by atoms with Gasteiger partial charge in [-0.05, 0) is 53.5 Å². The fourth-order valence-corrected chi connectivity index (χ4v) is 2.45. The van der Waals surface area contributed by atoms with Crippen molar-refractivity contribution in [3.05, 3.63) is 28.2 Å². The Balaban J connectivity index is 1.92. The molecule has 1 saturated heterocycles. The molecular weight excluding hydrogens is 280 g/mol. The molecule has 0 bridgehead atoms. The van der Waals surface area contributed by atoms with E-state index in [1.807, 2.05) is 6.07 Å². The SMILES string of the molecule is N#Cc1ccc(OCC2CCCNC2)c(Br)c1. The molecule has 1 unspecified atom stereocenters. The Hall–Kier alpha value is -1.05. The molecule has 90 valence electrons. The van der Waals surface area contributed by atoms with E-state index >= 15 is 0 Å². The largest absolute Gasteiger partial charge is 0.492 e. The van der Waals surface area contributed by atoms with E-state index in [0.717, 1.165) is 29.9 Å². The standard InChI is InChI=1S/C13H15BrN2O/c14-12-6-10(7-15)3-4-13(12)17-9-11-2-1-5-16-8-11/h3-4,6,11,16H,1-2,5,8-9H2. The first-order valence-corrected chi connectivity index (χ1v) is 6.62. The van der Waals surface area contributed by atoms with Crippen LogP contribution in [0.4, 0.5) is 0 Å². The number of hydrogen-bond donors (Lipinski definition) is 1. The number of nitrogens with zero attached hydrogens (tertiary/aromatic N) is 1. The number of nitrogens with one attached hydrogen (secondary N) is 1. The number of rotatable bonds is 3. The molecule has 0 aliphatic carbocycles. The van der Waals surface area contributed by atoms with Gasteiger partial charge in [0.25, 0.3) is 0 Å². The Kier molecular flexibility index (Phi) is 4.41. The summed E-state index contributed by atoms with van der Waals surface area (Å²) < 4.78 is 6.63. The number of benzene rings is 1. The summed E-state index contributed by atoms with van der Waals surface area (Å²) in [6, 6.07) is 7.51. The Labute approximate surface area is 110 Å². The molecule has 0 spiro atoms. The topological polar surface area (TPSA) is 45.0 Å². The van der Waals surface area contributed by atoms with E-state index in [9.17, 15) is 0 Å². The number of piperidine rings is 1. The minimum Gasteiger partial charge on any atom is -0.492 e. The van der Waals surface area contributed by atoms with Crippen LogP contribution < -0.4 is 10.1 Å². The molecule has 1 aromatic carbocycles. The maximum atomic E-state index is 8.77. The highest BCUT2D eigenvalue weighted by molar-refractivity contribution is 9.10. The number of hydrogen-bond acceptors (Lipinski definition) is 3. The van der Waals surface area contributed by atoms with Gasteiger partial charge >= 0.3 is 0 Å². The maximum Gasteiger partial charge on any atom is 0.133 e. The lowest BCUT2D eigenvalue weighted by molar-refractivity contribution is 0.217. The molecule has 1 N–H and O–H groups in total. The highest BCUT2D eigenvalue weighted by Crippen LogP contribution is 2.26. The van der Waals surface area contributed by atoms with Crippen molar-refractivity contribution in [2.45, 2.75) is 12.8 Å². The second-order valence-electron chi connectivity index (χ2n) is 4.28. The van der Waals surface area contributed by atoms with Gasteiger partial charge in [0.05, 0.1) is 22.7 Å². The highest BCUT2D eigenvalue weighted by atomic mass is 79.9. The number of ether oxygens (including phenoxy) is 1. The Morgan fingerprint density at radius 2 is 2.41 bits per heavy atom. The number of nitriles is 1. The lowest BCUT2D eigenvalue weighted by Gasteiger charge is -2.23. The van der Waals surface area contributed by atoms with Gasteiger partial charge in [0.2, 0.25) is 0 Å². The van der Waals surface area contributed by atoms with Gasteiger partial charge in [-0.1, -0.05) is 0 Å². The maximum absolute atomic E-state index is 8.77. The van der Waals surface area contributed by atoms with Crippen molar-refractivity contribution in [1.29, 1.82) is 5.26 Å². The van der Waals surface area contributed by atoms with Crippen molar-refractivity contribution >= 4 is 15.9 Å². The zero-order valence-corrected chi connectivity index (χ0v) is 11.2. The summed E-state index contributed by atoms with van der Waals surface area (Å²) in [4.78, 5) is 0. The van der Waals surface area contributed by atoms with Gasteiger partial charge in [0.15, 0.2) is 0 Å². The summed E-state index contributed by atoms with van der Waals surface area (Å²) in [6.07, 6.45) is 2.45. The molecule has 4 heteroatoms. The van der Waals surface area contributed by atoms with Gasteiger partial charge in [-0.2, -0.15) is 5.26 Å². The fourth-order valence-electron chi connectivity index (χ4n) is 1.96. The lowest BCUT2D eigenvalue weighted by Crippen LogP contribution is -2.33. The van der Waals surface area contributed by atoms with Gasteiger partial charge in [0, 0.05) is 12.5 Å². The Morgan fingerprint density at radius 3 is 3.06 bits per heavy atom. The molecule has 17 heavy (non-hydrogen) atoms. The molecule has 1 heterocycles. The van der Waals surface area contributed by atoms with Crippen LogP contribution in [-0.4, -0.2) is 19.7 Å². The van der Waals surface area contributed by atoms with Crippen LogP contribution in [0, 0.1) is 17.2 Å². The molecule has 0 amide bonds. The second kappa shape index (κ2) is 6.04. The van der Waals surface area contributed by atoms with Crippen molar-refractivity contribution in [3.63, 3.8) is 0 Å². The fraction of sp³-hybridized carbons (Fsp3) is 0.462. The van der Waals surface area contributed by atoms with E-state index in [4.69, 9.17) is 10.00 Å². The van der Waals surface area contributed by atoms with Gasteiger partial charge in [-0.15, -0.1) is 0 Å². The predicted octanol–water partition coefficient (Wildman–Crippen LogP) is 2.70. The van der Waals surface area contributed by atoms with Crippen molar-refractivity contribution in [2.75, 3.05) is 19.7 Å². The predicted molar refractivity (Wildman–Crippen MR) is 69.9 cm³/mol. The summed E-state index contributed by atoms with van der Waals surface area (Å²) in [5.41, 5.74) is 0.642. The molecule has 0 saturated carbocycles. The lowest BCUT2D eigenvalue weighted by atomic mass is 10.0. The van der Waals surface area contributed by atoms with E-state index in [-0.39, 0.29) is 0 Å². The molecule has 3 nitrogen and oxygen atoms in total. The van der Waals surface area contributed by atoms with Crippen molar-refractivity contribution in [2.24, 2.45) is 5.92 Å². The number of halogens is 1. The van der Waals surface area contributed by atoms with Crippen LogP contribution in [-0.2, 0) is 0 Å². The van der Waals surface area contributed by atoms with Gasteiger partial charge in [0.1, 0.15) is 5.75 Å². The molecule has 1 aliphatic heterocycles. The summed E-state index contributed by atoms with van der Waals surface area (Å²) in [7, 11) is 0. The van der Waals surface area contributed by atoms with E-state index in [1.54, 1.807) is 12.1 Å². The smallest absolute Gasteiger partial charge is 0.133 e. The summed E-state index contributed by atoms with van der Waals surface area (Å²) in [5.74, 6) is 1.40. The summed E-state index contributed by atoms with van der Waals surface area (Å²) in [6.45, 7) is 2.89. The van der Waals surface area contributed by atoms with Crippen molar-refractivity contribution in [1.82, 2.24) is 5.32 Å². The monoisotopic (exact) mass is 294 g/mol. The summed E-state index contributed by atoms with van der Waals surface area (Å²) >= 11 is 3.42. The minimum atomic E-state index is 0.589. The van der Waals surface area contributed by atoms with Crippen LogP contribution >= 0.6 is 15.9 Å². The molecule has 1 fully saturated rings. The first-order chi connectivity index (χ1) is 8.29. The molecule has 0 aromatic heterocycles. The van der Waals surface area contributed by atoms with Crippen LogP contribution in [0.25, 0.3) is 0 Å². The van der Waals surface area contributed by atoms with Crippen molar-refractivity contribution in [3.8, 4) is 11.8 Å². The Morgan fingerprint density at radius 1 is 1.53 bits per heavy atom. The third-order valence-corrected chi connectivity index (χ3v) is 3.55. The highest BCUT2D eigenvalue weighted by Gasteiger charge is 2.14. The van der Waals surface area contributed by atoms with E-state index < -0.39 is 0 Å². The van der Waals surface area contributed by atoms with E-state index in [2.05, 4.69) is 27.3 Å². The summed E-state index contributed by atoms with van der Waals surface area (Å²) in [5, 5.41) is 12.1. The van der Waals surface area contributed by atoms with Gasteiger partial charge < -0.3 is 10.1 Å². The van der Waals surface area contributed by atoms with Crippen LogP contribution in [0.5, 0.6) is 5.75 Å². The van der Waals surface area contributed by atoms with Crippen LogP contribution in [0.15, 0.2) is 22.7 Å². The molecular formula is C13H15BrN2O. The van der Waals surface area contributed by atoms with Crippen LogP contribution in [0.1, 0.15) is 18.4 Å². The third kappa shape index (κ3) is 3.45. The first kappa shape index (κ1) is 12.4. The molecule has 0 radical (unpaired) electrons. The van der Waals surface area contributed by atoms with Crippen LogP contribution in [0.3, 0.4) is 0 Å². The average Bonchev–Trinajstić information content (AvgIpc) is 2.38. The van der Waals surface area contributed by atoms with Gasteiger partial charge in [-0.3, -0.25) is 0 Å². The molecule has 1 atom stereocenters. The second-order valence-corrected chi connectivity index (χ2v) is 5.13. The average molecular weight is 295 g/mol. The molecule has 2 rings (SSSR count). The van der Waals surface area contributed by atoms with E-state index in [1.165, 1.54) is 12.8 Å². The zero-order valence-electron chi connectivity index (χ0n) is 9.58.